The second kappa shape index (κ2) is 10.1. The number of hydrogen-bond donors (Lipinski definition) is 1. The lowest BCUT2D eigenvalue weighted by molar-refractivity contribution is -0.384. The van der Waals surface area contributed by atoms with Crippen LogP contribution in [0.5, 0.6) is 0 Å². The third kappa shape index (κ3) is 6.02. The number of rotatable bonds is 10. The molecule has 32 heavy (non-hydrogen) atoms. The Morgan fingerprint density at radius 1 is 1.03 bits per heavy atom. The lowest BCUT2D eigenvalue weighted by atomic mass is 10.3. The van der Waals surface area contributed by atoms with Crippen LogP contribution in [0.4, 0.5) is 17.1 Å². The molecule has 0 bridgehead atoms. The summed E-state index contributed by atoms with van der Waals surface area (Å²) >= 11 is 0. The van der Waals surface area contributed by atoms with Crippen LogP contribution >= 0.6 is 0 Å². The van der Waals surface area contributed by atoms with Crippen molar-refractivity contribution in [2.24, 2.45) is 0 Å². The number of nitro benzene ring substituents is 1. The average molecular weight is 485 g/mol. The van der Waals surface area contributed by atoms with Crippen molar-refractivity contribution in [1.82, 2.24) is 4.31 Å². The SMILES string of the molecule is CCN(CC)S(=O)(=O)c1ccc(NC(=O)CN(c2cccc([N+](=O)[O-])c2)S(C)(=O)=O)cc1. The van der Waals surface area contributed by atoms with Crippen molar-refractivity contribution in [3.05, 3.63) is 58.6 Å². The number of carbonyl (C=O) groups is 1. The molecule has 2 aromatic rings. The maximum absolute atomic E-state index is 12.5. The number of benzene rings is 2. The van der Waals surface area contributed by atoms with Gasteiger partial charge in [-0.2, -0.15) is 4.31 Å². The van der Waals surface area contributed by atoms with Gasteiger partial charge in [-0.05, 0) is 30.3 Å². The number of nitrogens with one attached hydrogen (secondary N) is 1. The molecule has 0 aliphatic carbocycles. The molecule has 174 valence electrons. The smallest absolute Gasteiger partial charge is 0.271 e. The second-order valence-electron chi connectivity index (χ2n) is 6.71. The molecule has 0 unspecified atom stereocenters. The predicted octanol–water partition coefficient (Wildman–Crippen LogP) is 2.03. The highest BCUT2D eigenvalue weighted by Crippen LogP contribution is 2.23. The molecule has 11 nitrogen and oxygen atoms in total. The molecule has 0 atom stereocenters. The summed E-state index contributed by atoms with van der Waals surface area (Å²) in [6.45, 7) is 3.46. The van der Waals surface area contributed by atoms with E-state index in [4.69, 9.17) is 0 Å². The van der Waals surface area contributed by atoms with Crippen molar-refractivity contribution in [3.63, 3.8) is 0 Å². The van der Waals surface area contributed by atoms with Gasteiger partial charge in [0.2, 0.25) is 26.0 Å². The average Bonchev–Trinajstić information content (AvgIpc) is 2.72. The molecule has 0 heterocycles. The summed E-state index contributed by atoms with van der Waals surface area (Å²) in [6, 6.07) is 10.4. The predicted molar refractivity (Wildman–Crippen MR) is 120 cm³/mol. The fourth-order valence-corrected chi connectivity index (χ4v) is 5.22. The Kier molecular flexibility index (Phi) is 7.93. The normalized spacial score (nSPS) is 11.9. The number of amides is 1. The fraction of sp³-hybridized carbons (Fsp3) is 0.316. The van der Waals surface area contributed by atoms with E-state index in [0.717, 1.165) is 16.6 Å². The van der Waals surface area contributed by atoms with Crippen molar-refractivity contribution in [2.75, 3.05) is 35.5 Å². The van der Waals surface area contributed by atoms with E-state index in [0.29, 0.717) is 13.1 Å². The molecular weight excluding hydrogens is 460 g/mol. The maximum atomic E-state index is 12.5. The quantitative estimate of drug-likeness (QED) is 0.401. The molecule has 0 aliphatic rings. The molecule has 2 rings (SSSR count). The Hall–Kier alpha value is -3.03. The molecule has 0 saturated heterocycles. The number of carbonyl (C=O) groups excluding carboxylic acids is 1. The Bertz CT molecular complexity index is 1190. The van der Waals surface area contributed by atoms with Gasteiger partial charge in [0.15, 0.2) is 0 Å². The first-order valence-corrected chi connectivity index (χ1v) is 12.8. The molecule has 0 aliphatic heterocycles. The van der Waals surface area contributed by atoms with Crippen LogP contribution in [0, 0.1) is 10.1 Å². The van der Waals surface area contributed by atoms with Crippen LogP contribution in [0.2, 0.25) is 0 Å². The van der Waals surface area contributed by atoms with E-state index in [1.165, 1.54) is 46.8 Å². The van der Waals surface area contributed by atoms with E-state index in [2.05, 4.69) is 5.32 Å². The van der Waals surface area contributed by atoms with Crippen molar-refractivity contribution in [3.8, 4) is 0 Å². The van der Waals surface area contributed by atoms with Gasteiger partial charge < -0.3 is 5.32 Å². The van der Waals surface area contributed by atoms with Crippen LogP contribution < -0.4 is 9.62 Å². The summed E-state index contributed by atoms with van der Waals surface area (Å²) in [7, 11) is -7.58. The Balaban J connectivity index is 2.21. The first kappa shape index (κ1) is 25.2. The summed E-state index contributed by atoms with van der Waals surface area (Å²) in [5, 5.41) is 13.5. The maximum Gasteiger partial charge on any atom is 0.271 e. The number of nitro groups is 1. The van der Waals surface area contributed by atoms with Crippen LogP contribution in [0.3, 0.4) is 0 Å². The molecular formula is C19H24N4O7S2. The fourth-order valence-electron chi connectivity index (χ4n) is 2.92. The molecule has 0 spiro atoms. The van der Waals surface area contributed by atoms with E-state index in [1.54, 1.807) is 13.8 Å². The van der Waals surface area contributed by atoms with Gasteiger partial charge in [-0.15, -0.1) is 0 Å². The van der Waals surface area contributed by atoms with Gasteiger partial charge in [0, 0.05) is 30.9 Å². The number of anilines is 2. The summed E-state index contributed by atoms with van der Waals surface area (Å²) in [5.74, 6) is -0.707. The van der Waals surface area contributed by atoms with E-state index < -0.39 is 37.4 Å². The molecule has 0 fully saturated rings. The molecule has 0 radical (unpaired) electrons. The zero-order valence-electron chi connectivity index (χ0n) is 17.8. The first-order valence-electron chi connectivity index (χ1n) is 9.52. The second-order valence-corrected chi connectivity index (χ2v) is 10.6. The zero-order chi connectivity index (χ0) is 24.1. The Labute approximate surface area is 186 Å². The minimum atomic E-state index is -3.92. The van der Waals surface area contributed by atoms with Crippen LogP contribution in [-0.4, -0.2) is 57.9 Å². The highest BCUT2D eigenvalue weighted by Gasteiger charge is 2.24. The Morgan fingerprint density at radius 3 is 2.12 bits per heavy atom. The summed E-state index contributed by atoms with van der Waals surface area (Å²) in [5.41, 5.74) is -0.0833. The molecule has 13 heteroatoms. The van der Waals surface area contributed by atoms with E-state index in [-0.39, 0.29) is 22.0 Å². The number of non-ortho nitro benzene ring substituents is 1. The van der Waals surface area contributed by atoms with E-state index in [9.17, 15) is 31.7 Å². The topological polar surface area (TPSA) is 147 Å². The standard InChI is InChI=1S/C19H24N4O7S2/c1-4-21(5-2)32(29,30)18-11-9-15(10-12-18)20-19(24)14-22(31(3,27)28)16-7-6-8-17(13-16)23(25)26/h6-13H,4-5,14H2,1-3H3,(H,20,24). The van der Waals surface area contributed by atoms with Crippen molar-refractivity contribution in [1.29, 1.82) is 0 Å². The van der Waals surface area contributed by atoms with Gasteiger partial charge in [-0.3, -0.25) is 19.2 Å². The number of nitrogens with zero attached hydrogens (tertiary/aromatic N) is 3. The van der Waals surface area contributed by atoms with Crippen molar-refractivity contribution in [2.45, 2.75) is 18.7 Å². The molecule has 2 aromatic carbocycles. The van der Waals surface area contributed by atoms with Gasteiger partial charge in [0.25, 0.3) is 5.69 Å². The Morgan fingerprint density at radius 2 is 1.62 bits per heavy atom. The molecule has 1 amide bonds. The van der Waals surface area contributed by atoms with E-state index in [1.807, 2.05) is 0 Å². The zero-order valence-corrected chi connectivity index (χ0v) is 19.4. The van der Waals surface area contributed by atoms with Crippen LogP contribution in [0.1, 0.15) is 13.8 Å². The minimum absolute atomic E-state index is 0.0301. The van der Waals surface area contributed by atoms with Gasteiger partial charge >= 0.3 is 0 Å². The highest BCUT2D eigenvalue weighted by molar-refractivity contribution is 7.92. The summed E-state index contributed by atoms with van der Waals surface area (Å²) in [4.78, 5) is 22.8. The van der Waals surface area contributed by atoms with Gasteiger partial charge in [-0.25, -0.2) is 16.8 Å². The van der Waals surface area contributed by atoms with Crippen LogP contribution in [-0.2, 0) is 24.8 Å². The lowest BCUT2D eigenvalue weighted by Crippen LogP contribution is -2.37. The van der Waals surface area contributed by atoms with E-state index >= 15 is 0 Å². The van der Waals surface area contributed by atoms with Crippen molar-refractivity contribution < 1.29 is 26.6 Å². The van der Waals surface area contributed by atoms with Crippen molar-refractivity contribution >= 4 is 43.0 Å². The highest BCUT2D eigenvalue weighted by atomic mass is 32.2. The molecule has 0 saturated carbocycles. The largest absolute Gasteiger partial charge is 0.325 e. The first-order chi connectivity index (χ1) is 14.9. The number of sulfonamides is 2. The third-order valence-electron chi connectivity index (χ3n) is 4.50. The molecule has 1 N–H and O–H groups in total. The van der Waals surface area contributed by atoms with Gasteiger partial charge in [0.1, 0.15) is 6.54 Å². The lowest BCUT2D eigenvalue weighted by Gasteiger charge is -2.22. The van der Waals surface area contributed by atoms with Gasteiger partial charge in [-0.1, -0.05) is 19.9 Å². The third-order valence-corrected chi connectivity index (χ3v) is 7.70. The van der Waals surface area contributed by atoms with Crippen LogP contribution in [0.25, 0.3) is 0 Å². The summed E-state index contributed by atoms with van der Waals surface area (Å²) < 4.78 is 51.5. The van der Waals surface area contributed by atoms with Crippen LogP contribution in [0.15, 0.2) is 53.4 Å². The molecule has 0 aromatic heterocycles. The monoisotopic (exact) mass is 484 g/mol. The summed E-state index contributed by atoms with van der Waals surface area (Å²) in [6.07, 6.45) is 0.881. The van der Waals surface area contributed by atoms with Gasteiger partial charge in [0.05, 0.1) is 21.8 Å². The number of hydrogen-bond acceptors (Lipinski definition) is 7. The minimum Gasteiger partial charge on any atom is -0.325 e.